The summed E-state index contributed by atoms with van der Waals surface area (Å²) in [6.07, 6.45) is -6.61. The zero-order chi connectivity index (χ0) is 30.2. The first-order valence-electron chi connectivity index (χ1n) is 15.1. The Kier molecular flexibility index (Phi) is 1.97. The molecule has 0 radical (unpaired) electrons. The Morgan fingerprint density at radius 1 is 1.46 bits per heavy atom. The van der Waals surface area contributed by atoms with E-state index in [-0.39, 0.29) is 18.5 Å². The molecule has 0 N–H and O–H groups in total. The number of Topliss-reactive ketones (excluding diaryl/α,β-unsaturated/α-hetero) is 1. The Balaban J connectivity index is 2.09. The largest absolute Gasteiger partial charge is 0.493 e. The van der Waals surface area contributed by atoms with Gasteiger partial charge >= 0.3 is 0 Å². The lowest BCUT2D eigenvalue weighted by molar-refractivity contribution is -0.129. The van der Waals surface area contributed by atoms with Gasteiger partial charge in [0.1, 0.15) is 5.78 Å². The van der Waals surface area contributed by atoms with E-state index in [4.69, 9.17) is 30.0 Å². The second kappa shape index (κ2) is 7.14. The van der Waals surface area contributed by atoms with Crippen LogP contribution in [-0.4, -0.2) is 37.8 Å². The minimum atomic E-state index is -3.44. The summed E-state index contributed by atoms with van der Waals surface area (Å²) < 4.78 is 128. The quantitative estimate of drug-likeness (QED) is 0.816. The number of nitrogens with zero attached hydrogens (tertiary/aromatic N) is 1. The Bertz CT molecular complexity index is 1110. The highest BCUT2D eigenvalue weighted by Crippen LogP contribution is 2.42. The van der Waals surface area contributed by atoms with Crippen molar-refractivity contribution in [2.24, 2.45) is 11.8 Å². The fourth-order valence-electron chi connectivity index (χ4n) is 3.19. The number of benzene rings is 1. The number of piperidine rings is 1. The van der Waals surface area contributed by atoms with Crippen LogP contribution in [0.2, 0.25) is 0 Å². The molecule has 24 heavy (non-hydrogen) atoms. The van der Waals surface area contributed by atoms with Gasteiger partial charge in [0, 0.05) is 42.4 Å². The molecular formula is C20H29NO3. The molecule has 1 fully saturated rings. The molecule has 132 valence electrons. The fourth-order valence-corrected chi connectivity index (χ4v) is 3.19. The van der Waals surface area contributed by atoms with Gasteiger partial charge in [-0.1, -0.05) is 20.1 Å². The van der Waals surface area contributed by atoms with E-state index in [2.05, 4.69) is 0 Å². The number of carbonyl (C=O) groups excluding carboxylic acids is 1. The van der Waals surface area contributed by atoms with E-state index in [1.54, 1.807) is 0 Å². The van der Waals surface area contributed by atoms with E-state index in [0.717, 1.165) is 13.0 Å². The molecule has 0 aliphatic carbocycles. The number of ketones is 1. The van der Waals surface area contributed by atoms with Gasteiger partial charge in [-0.05, 0) is 41.9 Å². The third-order valence-corrected chi connectivity index (χ3v) is 4.44. The first-order valence-corrected chi connectivity index (χ1v) is 7.58. The topological polar surface area (TPSA) is 38.8 Å². The molecular weight excluding hydrogens is 302 g/mol. The summed E-state index contributed by atoms with van der Waals surface area (Å²) in [6.45, 7) is -3.14. The number of ether oxygens (including phenoxy) is 2. The van der Waals surface area contributed by atoms with E-state index in [0.29, 0.717) is 5.56 Å². The number of methoxy groups -OCH3 is 2. The van der Waals surface area contributed by atoms with Crippen LogP contribution in [0, 0.1) is 11.8 Å². The van der Waals surface area contributed by atoms with Gasteiger partial charge < -0.3 is 9.47 Å². The summed E-state index contributed by atoms with van der Waals surface area (Å²) in [5, 5.41) is 0. The molecule has 4 nitrogen and oxygen atoms in total. The van der Waals surface area contributed by atoms with Gasteiger partial charge in [0.2, 0.25) is 0 Å². The van der Waals surface area contributed by atoms with Crippen molar-refractivity contribution >= 4 is 5.78 Å². The molecule has 0 amide bonds. The highest BCUT2D eigenvalue weighted by atomic mass is 16.5. The van der Waals surface area contributed by atoms with Gasteiger partial charge in [0.05, 0.1) is 23.7 Å². The van der Waals surface area contributed by atoms with Crippen molar-refractivity contribution in [3.63, 3.8) is 0 Å². The molecule has 4 heteroatoms. The van der Waals surface area contributed by atoms with Crippen LogP contribution in [0.1, 0.15) is 70.6 Å². The van der Waals surface area contributed by atoms with Gasteiger partial charge in [-0.2, -0.15) is 0 Å². The molecule has 0 aromatic heterocycles. The number of hydrogen-bond donors (Lipinski definition) is 0. The zero-order valence-corrected chi connectivity index (χ0v) is 13.2. The highest BCUT2D eigenvalue weighted by Gasteiger charge is 2.38. The minimum absolute atomic E-state index is 0.0425. The summed E-state index contributed by atoms with van der Waals surface area (Å²) in [5.74, 6) is -6.91. The maximum absolute atomic E-state index is 13.4. The first-order chi connectivity index (χ1) is 17.2. The van der Waals surface area contributed by atoms with Crippen molar-refractivity contribution in [2.75, 3.05) is 27.2 Å². The van der Waals surface area contributed by atoms with Crippen molar-refractivity contribution < 1.29 is 34.8 Å². The molecule has 1 aromatic carbocycles. The Morgan fingerprint density at radius 2 is 2.25 bits per heavy atom. The summed E-state index contributed by atoms with van der Waals surface area (Å²) >= 11 is 0. The number of fused-ring (bicyclic) bond motifs is 3. The van der Waals surface area contributed by atoms with Crippen LogP contribution in [0.3, 0.4) is 0 Å². The fraction of sp³-hybridized carbons (Fsp3) is 0.650. The summed E-state index contributed by atoms with van der Waals surface area (Å²) in [7, 11) is -5.96. The Morgan fingerprint density at radius 3 is 2.96 bits per heavy atom. The normalized spacial score (nSPS) is 41.3. The zero-order valence-electron chi connectivity index (χ0n) is 28.2. The monoisotopic (exact) mass is 346 g/mol. The van der Waals surface area contributed by atoms with Crippen molar-refractivity contribution in [3.05, 3.63) is 23.3 Å². The summed E-state index contributed by atoms with van der Waals surface area (Å²) in [5.41, 5.74) is 0.465. The second-order valence-electron chi connectivity index (χ2n) is 5.77. The van der Waals surface area contributed by atoms with Crippen LogP contribution in [0.15, 0.2) is 12.1 Å². The average molecular weight is 347 g/mol. The smallest absolute Gasteiger partial charge is 0.161 e. The summed E-state index contributed by atoms with van der Waals surface area (Å²) in [4.78, 5) is 14.8. The molecule has 3 atom stereocenters. The van der Waals surface area contributed by atoms with Crippen molar-refractivity contribution in [1.29, 1.82) is 0 Å². The first kappa shape index (κ1) is 6.64. The van der Waals surface area contributed by atoms with E-state index >= 15 is 0 Å². The lowest BCUT2D eigenvalue weighted by Crippen LogP contribution is -2.46. The SMILES string of the molecule is [2H]C([2H])([2H])Oc1cc2c(cc1OC([2H])([2H])[2H])C1([2H])CC(=O)C(C([2H])([2H])C([2H])(C([2H])([2H])[2H])C([2H])([2H])C)CN1CC2. The lowest BCUT2D eigenvalue weighted by Gasteiger charge is -2.43. The molecule has 0 spiro atoms. The molecule has 1 saturated heterocycles. The van der Waals surface area contributed by atoms with E-state index in [9.17, 15) is 4.79 Å². The molecule has 2 aliphatic heterocycles. The van der Waals surface area contributed by atoms with Gasteiger partial charge in [-0.25, -0.2) is 0 Å². The van der Waals surface area contributed by atoms with Crippen LogP contribution < -0.4 is 9.47 Å². The molecule has 2 aliphatic rings. The van der Waals surface area contributed by atoms with E-state index in [1.807, 2.05) is 0 Å². The van der Waals surface area contributed by atoms with Gasteiger partial charge in [0.25, 0.3) is 0 Å². The van der Waals surface area contributed by atoms with Crippen LogP contribution in [0.5, 0.6) is 11.5 Å². The van der Waals surface area contributed by atoms with Crippen molar-refractivity contribution in [1.82, 2.24) is 4.90 Å². The third kappa shape index (κ3) is 3.16. The average Bonchev–Trinajstić information content (AvgIpc) is 2.69. The van der Waals surface area contributed by atoms with Crippen LogP contribution >= 0.6 is 0 Å². The molecule has 0 bridgehead atoms. The second-order valence-corrected chi connectivity index (χ2v) is 5.77. The van der Waals surface area contributed by atoms with E-state index < -0.39 is 81.8 Å². The minimum Gasteiger partial charge on any atom is -0.493 e. The number of carbonyl (C=O) groups is 1. The molecule has 0 saturated carbocycles. The van der Waals surface area contributed by atoms with Crippen molar-refractivity contribution in [2.45, 2.75) is 45.4 Å². The summed E-state index contributed by atoms with van der Waals surface area (Å²) in [6, 6.07) is 0.436. The molecule has 1 aromatic rings. The van der Waals surface area contributed by atoms with Crippen molar-refractivity contribution in [3.8, 4) is 11.5 Å². The van der Waals surface area contributed by atoms with Crippen LogP contribution in [0.25, 0.3) is 0 Å². The third-order valence-electron chi connectivity index (χ3n) is 4.44. The van der Waals surface area contributed by atoms with Gasteiger partial charge in [-0.3, -0.25) is 9.69 Å². The van der Waals surface area contributed by atoms with Gasteiger partial charge in [0.15, 0.2) is 11.5 Å². The standard InChI is InChI=1S/C20H29NO3/c1-5-13(2)8-15-12-21-7-6-14-9-19(23-3)20(24-4)10-16(14)17(21)11-18(15)22/h9-10,13,15,17H,5-8,11-12H2,1-4H3/i2D3,3D3,4D3,5D2,8D2,13D,17D. The highest BCUT2D eigenvalue weighted by molar-refractivity contribution is 5.83. The maximum atomic E-state index is 13.4. The van der Waals surface area contributed by atoms with Crippen LogP contribution in [-0.2, 0) is 11.2 Å². The number of hydrogen-bond acceptors (Lipinski definition) is 4. The van der Waals surface area contributed by atoms with E-state index in [1.165, 1.54) is 11.0 Å². The molecule has 2 heterocycles. The molecule has 3 unspecified atom stereocenters. The Labute approximate surface area is 166 Å². The number of rotatable bonds is 5. The molecule has 3 rings (SSSR count). The predicted octanol–water partition coefficient (Wildman–Crippen LogP) is 3.63. The Hall–Kier alpha value is -1.55. The van der Waals surface area contributed by atoms with Crippen LogP contribution in [0.4, 0.5) is 0 Å². The lowest BCUT2D eigenvalue weighted by atomic mass is 9.79. The predicted molar refractivity (Wildman–Crippen MR) is 94.8 cm³/mol. The van der Waals surface area contributed by atoms with Gasteiger partial charge in [-0.15, -0.1) is 0 Å². The maximum Gasteiger partial charge on any atom is 0.161 e.